The molecule has 1 aromatic carbocycles. The van der Waals surface area contributed by atoms with Crippen LogP contribution in [0.25, 0.3) is 11.5 Å². The lowest BCUT2D eigenvalue weighted by Gasteiger charge is -2.01. The van der Waals surface area contributed by atoms with E-state index < -0.39 is 5.97 Å². The molecule has 0 aliphatic carbocycles. The summed E-state index contributed by atoms with van der Waals surface area (Å²) in [6.07, 6.45) is 0. The third-order valence-electron chi connectivity index (χ3n) is 4.05. The number of ether oxygens (including phenoxy) is 1. The number of nitrogens with zero attached hydrogens (tertiary/aromatic N) is 2. The van der Waals surface area contributed by atoms with Gasteiger partial charge in [0.25, 0.3) is 5.89 Å². The normalized spacial score (nSPS) is 10.8. The van der Waals surface area contributed by atoms with Gasteiger partial charge in [-0.1, -0.05) is 17.7 Å². The Morgan fingerprint density at radius 3 is 2.62 bits per heavy atom. The van der Waals surface area contributed by atoms with Crippen LogP contribution in [0.1, 0.15) is 50.5 Å². The molecule has 2 aromatic heterocycles. The maximum Gasteiger partial charge on any atom is 0.355 e. The average molecular weight is 353 g/mol. The Balaban J connectivity index is 1.71. The smallest absolute Gasteiger partial charge is 0.355 e. The fraction of sp³-hybridized carbons (Fsp3) is 0.263. The van der Waals surface area contributed by atoms with E-state index in [0.29, 0.717) is 22.7 Å². The predicted molar refractivity (Wildman–Crippen MR) is 93.9 cm³/mol. The van der Waals surface area contributed by atoms with E-state index in [0.717, 1.165) is 11.1 Å². The van der Waals surface area contributed by atoms with Gasteiger partial charge in [0.15, 0.2) is 12.4 Å². The molecule has 2 heterocycles. The Morgan fingerprint density at radius 1 is 1.19 bits per heavy atom. The molecule has 0 fully saturated rings. The highest BCUT2D eigenvalue weighted by molar-refractivity contribution is 6.01. The van der Waals surface area contributed by atoms with Crippen LogP contribution in [0.4, 0.5) is 0 Å². The molecule has 7 heteroatoms. The summed E-state index contributed by atoms with van der Waals surface area (Å²) in [5.74, 6) is -0.114. The molecule has 0 amide bonds. The van der Waals surface area contributed by atoms with Crippen LogP contribution in [-0.2, 0) is 11.3 Å². The third kappa shape index (κ3) is 3.42. The standard InChI is InChI=1S/C19H19N3O4/c1-10-6-5-7-14(8-10)18-22-21-15(26-18)9-25-19(24)17-11(2)16(13(4)23)12(3)20-17/h5-8,20H,9H2,1-4H3. The molecular formula is C19H19N3O4. The number of hydrogen-bond donors (Lipinski definition) is 1. The van der Waals surface area contributed by atoms with Gasteiger partial charge in [0.2, 0.25) is 5.89 Å². The van der Waals surface area contributed by atoms with E-state index in [1.54, 1.807) is 13.8 Å². The number of carbonyl (C=O) groups excluding carboxylic acids is 2. The highest BCUT2D eigenvalue weighted by atomic mass is 16.5. The Hall–Kier alpha value is -3.22. The van der Waals surface area contributed by atoms with Crippen LogP contribution in [0.2, 0.25) is 0 Å². The van der Waals surface area contributed by atoms with E-state index in [-0.39, 0.29) is 24.0 Å². The molecule has 134 valence electrons. The highest BCUT2D eigenvalue weighted by Gasteiger charge is 2.21. The molecule has 0 atom stereocenters. The molecule has 1 N–H and O–H groups in total. The highest BCUT2D eigenvalue weighted by Crippen LogP contribution is 2.21. The van der Waals surface area contributed by atoms with Gasteiger partial charge in [-0.2, -0.15) is 0 Å². The van der Waals surface area contributed by atoms with E-state index in [1.807, 2.05) is 31.2 Å². The zero-order valence-corrected chi connectivity index (χ0v) is 15.0. The first-order valence-electron chi connectivity index (χ1n) is 8.13. The summed E-state index contributed by atoms with van der Waals surface area (Å²) in [5, 5.41) is 7.88. The molecule has 0 spiro atoms. The number of carbonyl (C=O) groups is 2. The molecule has 0 radical (unpaired) electrons. The van der Waals surface area contributed by atoms with Gasteiger partial charge in [0, 0.05) is 16.8 Å². The lowest BCUT2D eigenvalue weighted by Crippen LogP contribution is -2.08. The summed E-state index contributed by atoms with van der Waals surface area (Å²) in [5.41, 5.74) is 3.86. The first-order chi connectivity index (χ1) is 12.4. The van der Waals surface area contributed by atoms with Crippen molar-refractivity contribution in [3.8, 4) is 11.5 Å². The maximum absolute atomic E-state index is 12.3. The summed E-state index contributed by atoms with van der Waals surface area (Å²) in [4.78, 5) is 26.9. The van der Waals surface area contributed by atoms with Gasteiger partial charge < -0.3 is 14.1 Å². The van der Waals surface area contributed by atoms with Gasteiger partial charge >= 0.3 is 5.97 Å². The van der Waals surface area contributed by atoms with Crippen LogP contribution in [0.3, 0.4) is 0 Å². The molecule has 0 saturated heterocycles. The van der Waals surface area contributed by atoms with Crippen LogP contribution < -0.4 is 0 Å². The number of aromatic amines is 1. The van der Waals surface area contributed by atoms with Crippen molar-refractivity contribution < 1.29 is 18.7 Å². The first-order valence-corrected chi connectivity index (χ1v) is 8.13. The molecule has 0 aliphatic rings. The number of rotatable bonds is 5. The van der Waals surface area contributed by atoms with Crippen molar-refractivity contribution in [2.75, 3.05) is 0 Å². The second-order valence-corrected chi connectivity index (χ2v) is 6.13. The second-order valence-electron chi connectivity index (χ2n) is 6.13. The largest absolute Gasteiger partial charge is 0.451 e. The fourth-order valence-corrected chi connectivity index (χ4v) is 2.89. The van der Waals surface area contributed by atoms with Crippen LogP contribution >= 0.6 is 0 Å². The Labute approximate surface area is 150 Å². The minimum Gasteiger partial charge on any atom is -0.451 e. The molecule has 0 aliphatic heterocycles. The van der Waals surface area contributed by atoms with Gasteiger partial charge in [-0.25, -0.2) is 4.79 Å². The van der Waals surface area contributed by atoms with Crippen LogP contribution in [0.5, 0.6) is 0 Å². The molecule has 7 nitrogen and oxygen atoms in total. The molecular weight excluding hydrogens is 334 g/mol. The number of esters is 1. The Kier molecular flexibility index (Phi) is 4.71. The number of nitrogens with one attached hydrogen (secondary N) is 1. The quantitative estimate of drug-likeness (QED) is 0.556. The van der Waals surface area contributed by atoms with E-state index in [4.69, 9.17) is 9.15 Å². The summed E-state index contributed by atoms with van der Waals surface area (Å²) in [6, 6.07) is 7.67. The van der Waals surface area contributed by atoms with E-state index in [1.165, 1.54) is 6.92 Å². The SMILES string of the molecule is CC(=O)c1c(C)[nH]c(C(=O)OCc2nnc(-c3cccc(C)c3)o2)c1C. The zero-order valence-electron chi connectivity index (χ0n) is 15.0. The fourth-order valence-electron chi connectivity index (χ4n) is 2.89. The second kappa shape index (κ2) is 6.95. The lowest BCUT2D eigenvalue weighted by atomic mass is 10.1. The molecule has 3 rings (SSSR count). The lowest BCUT2D eigenvalue weighted by molar-refractivity contribution is 0.0431. The number of aromatic nitrogens is 3. The van der Waals surface area contributed by atoms with Crippen molar-refractivity contribution in [3.63, 3.8) is 0 Å². The molecule has 0 saturated carbocycles. The minimum absolute atomic E-state index is 0.102. The van der Waals surface area contributed by atoms with Crippen LogP contribution in [0.15, 0.2) is 28.7 Å². The summed E-state index contributed by atoms with van der Waals surface area (Å²) in [6.45, 7) is 6.73. The number of Topliss-reactive ketones (excluding diaryl/α,β-unsaturated/α-hetero) is 1. The molecule has 0 bridgehead atoms. The van der Waals surface area contributed by atoms with Crippen molar-refractivity contribution in [2.24, 2.45) is 0 Å². The third-order valence-corrected chi connectivity index (χ3v) is 4.05. The topological polar surface area (TPSA) is 98.1 Å². The van der Waals surface area contributed by atoms with Gasteiger partial charge in [-0.15, -0.1) is 10.2 Å². The number of ketones is 1. The van der Waals surface area contributed by atoms with Gasteiger partial charge in [0.1, 0.15) is 5.69 Å². The average Bonchev–Trinajstić information content (AvgIpc) is 3.17. The van der Waals surface area contributed by atoms with E-state index in [9.17, 15) is 9.59 Å². The van der Waals surface area contributed by atoms with Crippen LogP contribution in [-0.4, -0.2) is 26.9 Å². The Bertz CT molecular complexity index is 985. The molecule has 0 unspecified atom stereocenters. The number of H-pyrrole nitrogens is 1. The summed E-state index contributed by atoms with van der Waals surface area (Å²) in [7, 11) is 0. The van der Waals surface area contributed by atoms with Crippen molar-refractivity contribution in [3.05, 3.63) is 58.2 Å². The minimum atomic E-state index is -0.576. The Morgan fingerprint density at radius 2 is 1.96 bits per heavy atom. The molecule has 3 aromatic rings. The first kappa shape index (κ1) is 17.6. The van der Waals surface area contributed by atoms with Crippen molar-refractivity contribution in [1.29, 1.82) is 0 Å². The van der Waals surface area contributed by atoms with Crippen LogP contribution in [0, 0.1) is 20.8 Å². The van der Waals surface area contributed by atoms with E-state index in [2.05, 4.69) is 15.2 Å². The number of aryl methyl sites for hydroxylation is 2. The number of hydrogen-bond acceptors (Lipinski definition) is 6. The van der Waals surface area contributed by atoms with Gasteiger partial charge in [-0.3, -0.25) is 4.79 Å². The number of benzene rings is 1. The van der Waals surface area contributed by atoms with Crippen molar-refractivity contribution in [2.45, 2.75) is 34.3 Å². The van der Waals surface area contributed by atoms with Gasteiger partial charge in [0.05, 0.1) is 0 Å². The van der Waals surface area contributed by atoms with Gasteiger partial charge in [-0.05, 0) is 45.4 Å². The summed E-state index contributed by atoms with van der Waals surface area (Å²) < 4.78 is 10.8. The maximum atomic E-state index is 12.3. The molecule has 26 heavy (non-hydrogen) atoms. The van der Waals surface area contributed by atoms with E-state index >= 15 is 0 Å². The predicted octanol–water partition coefficient (Wildman–Crippen LogP) is 3.55. The zero-order chi connectivity index (χ0) is 18.8. The van der Waals surface area contributed by atoms with Crippen molar-refractivity contribution >= 4 is 11.8 Å². The summed E-state index contributed by atoms with van der Waals surface area (Å²) >= 11 is 0. The van der Waals surface area contributed by atoms with Crippen molar-refractivity contribution in [1.82, 2.24) is 15.2 Å². The monoisotopic (exact) mass is 353 g/mol.